The van der Waals surface area contributed by atoms with Gasteiger partial charge in [0.1, 0.15) is 0 Å². The molecule has 0 unspecified atom stereocenters. The van der Waals surface area contributed by atoms with Crippen molar-refractivity contribution in [2.24, 2.45) is 0 Å². The first-order chi connectivity index (χ1) is 5.79. The third-order valence-electron chi connectivity index (χ3n) is 1.73. The lowest BCUT2D eigenvalue weighted by molar-refractivity contribution is 1.14. The van der Waals surface area contributed by atoms with E-state index in [9.17, 15) is 4.79 Å². The molecule has 0 spiro atoms. The zero-order valence-corrected chi connectivity index (χ0v) is 6.53. The number of H-pyrrole nitrogens is 1. The van der Waals surface area contributed by atoms with Crippen LogP contribution < -0.4 is 5.56 Å². The Morgan fingerprint density at radius 2 is 2.17 bits per heavy atom. The van der Waals surface area contributed by atoms with Gasteiger partial charge in [-0.15, -0.1) is 0 Å². The molecule has 0 bridgehead atoms. The van der Waals surface area contributed by atoms with Crippen LogP contribution in [0, 0.1) is 6.92 Å². The quantitative estimate of drug-likeness (QED) is 0.616. The number of pyridine rings is 1. The van der Waals surface area contributed by atoms with Crippen molar-refractivity contribution in [3.8, 4) is 0 Å². The van der Waals surface area contributed by atoms with Gasteiger partial charge in [0, 0.05) is 6.20 Å². The first-order valence-corrected chi connectivity index (χ1v) is 3.58. The molecule has 1 N–H and O–H groups in total. The van der Waals surface area contributed by atoms with Crippen molar-refractivity contribution in [3.05, 3.63) is 34.5 Å². The molecule has 0 saturated heterocycles. The lowest BCUT2D eigenvalue weighted by Gasteiger charge is -1.96. The van der Waals surface area contributed by atoms with Crippen LogP contribution >= 0.6 is 0 Å². The maximum atomic E-state index is 11.2. The second-order valence-corrected chi connectivity index (χ2v) is 2.56. The van der Waals surface area contributed by atoms with Gasteiger partial charge in [-0.25, -0.2) is 9.97 Å². The molecular formula is C8H7N3O. The minimum atomic E-state index is -0.191. The number of aryl methyl sites for hydroxylation is 1. The van der Waals surface area contributed by atoms with E-state index in [0.29, 0.717) is 11.0 Å². The zero-order valence-electron chi connectivity index (χ0n) is 6.53. The van der Waals surface area contributed by atoms with Gasteiger partial charge in [0.2, 0.25) is 0 Å². The number of fused-ring (bicyclic) bond motifs is 1. The number of hydrogen-bond donors (Lipinski definition) is 1. The van der Waals surface area contributed by atoms with Gasteiger partial charge in [-0.05, 0) is 18.6 Å². The molecule has 0 aromatic carbocycles. The molecule has 0 aliphatic heterocycles. The monoisotopic (exact) mass is 161 g/mol. The fourth-order valence-electron chi connectivity index (χ4n) is 1.10. The topological polar surface area (TPSA) is 58.6 Å². The molecule has 2 heterocycles. The highest BCUT2D eigenvalue weighted by Crippen LogP contribution is 2.06. The van der Waals surface area contributed by atoms with Gasteiger partial charge in [-0.2, -0.15) is 0 Å². The van der Waals surface area contributed by atoms with E-state index in [0.717, 1.165) is 5.56 Å². The molecule has 0 atom stereocenters. The summed E-state index contributed by atoms with van der Waals surface area (Å²) in [6, 6.07) is 1.83. The van der Waals surface area contributed by atoms with Crippen LogP contribution in [0.15, 0.2) is 23.4 Å². The number of rotatable bonds is 0. The average molecular weight is 161 g/mol. The third-order valence-corrected chi connectivity index (χ3v) is 1.73. The highest BCUT2D eigenvalue weighted by molar-refractivity contribution is 5.75. The fraction of sp³-hybridized carbons (Fsp3) is 0.125. The van der Waals surface area contributed by atoms with Crippen LogP contribution in [0.5, 0.6) is 0 Å². The predicted molar refractivity (Wildman–Crippen MR) is 44.9 cm³/mol. The molecule has 2 aromatic rings. The summed E-state index contributed by atoms with van der Waals surface area (Å²) < 4.78 is 0. The van der Waals surface area contributed by atoms with E-state index in [1.165, 1.54) is 6.33 Å². The van der Waals surface area contributed by atoms with E-state index >= 15 is 0 Å². The average Bonchev–Trinajstić information content (AvgIpc) is 2.07. The lowest BCUT2D eigenvalue weighted by Crippen LogP contribution is -2.08. The fourth-order valence-corrected chi connectivity index (χ4v) is 1.10. The molecule has 4 heteroatoms. The molecule has 0 amide bonds. The summed E-state index contributed by atoms with van der Waals surface area (Å²) in [6.45, 7) is 1.90. The van der Waals surface area contributed by atoms with Crippen LogP contribution in [0.25, 0.3) is 11.0 Å². The van der Waals surface area contributed by atoms with Crippen LogP contribution in [-0.2, 0) is 0 Å². The Hall–Kier alpha value is -1.71. The standard InChI is InChI=1S/C8H7N3O/c1-5-2-3-9-7-6(5)10-4-11-8(7)12/h2-4H,1H3,(H,10,11,12). The molecule has 4 nitrogen and oxygen atoms in total. The van der Waals surface area contributed by atoms with E-state index in [1.54, 1.807) is 6.20 Å². The van der Waals surface area contributed by atoms with Crippen LogP contribution in [0.2, 0.25) is 0 Å². The van der Waals surface area contributed by atoms with E-state index in [2.05, 4.69) is 15.0 Å². The van der Waals surface area contributed by atoms with Crippen molar-refractivity contribution >= 4 is 11.0 Å². The highest BCUT2D eigenvalue weighted by Gasteiger charge is 2.00. The van der Waals surface area contributed by atoms with Gasteiger partial charge in [0.25, 0.3) is 5.56 Å². The summed E-state index contributed by atoms with van der Waals surface area (Å²) in [5.74, 6) is 0. The van der Waals surface area contributed by atoms with Crippen LogP contribution in [0.4, 0.5) is 0 Å². The molecule has 0 aliphatic carbocycles. The lowest BCUT2D eigenvalue weighted by atomic mass is 10.2. The van der Waals surface area contributed by atoms with Crippen LogP contribution in [0.3, 0.4) is 0 Å². The summed E-state index contributed by atoms with van der Waals surface area (Å²) in [5.41, 5.74) is 1.84. The van der Waals surface area contributed by atoms with Crippen LogP contribution in [0.1, 0.15) is 5.56 Å². The van der Waals surface area contributed by atoms with Crippen molar-refractivity contribution in [1.82, 2.24) is 15.0 Å². The molecule has 12 heavy (non-hydrogen) atoms. The molecule has 2 rings (SSSR count). The summed E-state index contributed by atoms with van der Waals surface area (Å²) in [6.07, 6.45) is 2.99. The molecule has 0 fully saturated rings. The van der Waals surface area contributed by atoms with Gasteiger partial charge >= 0.3 is 0 Å². The first-order valence-electron chi connectivity index (χ1n) is 3.58. The Morgan fingerprint density at radius 1 is 1.33 bits per heavy atom. The second-order valence-electron chi connectivity index (χ2n) is 2.56. The van der Waals surface area contributed by atoms with Gasteiger partial charge in [0.15, 0.2) is 5.52 Å². The van der Waals surface area contributed by atoms with Gasteiger partial charge in [-0.3, -0.25) is 4.79 Å². The van der Waals surface area contributed by atoms with Crippen molar-refractivity contribution in [1.29, 1.82) is 0 Å². The first kappa shape index (κ1) is 6.97. The smallest absolute Gasteiger partial charge is 0.277 e. The van der Waals surface area contributed by atoms with Crippen molar-refractivity contribution in [2.45, 2.75) is 6.92 Å². The summed E-state index contributed by atoms with van der Waals surface area (Å²) in [7, 11) is 0. The summed E-state index contributed by atoms with van der Waals surface area (Å²) in [4.78, 5) is 21.6. The van der Waals surface area contributed by atoms with E-state index in [-0.39, 0.29) is 5.56 Å². The third kappa shape index (κ3) is 0.887. The number of aromatic nitrogens is 3. The number of nitrogens with zero attached hydrogens (tertiary/aromatic N) is 2. The molecular weight excluding hydrogens is 154 g/mol. The predicted octanol–water partition coefficient (Wildman–Crippen LogP) is 0.627. The normalized spacial score (nSPS) is 10.4. The van der Waals surface area contributed by atoms with E-state index in [1.807, 2.05) is 13.0 Å². The maximum absolute atomic E-state index is 11.2. The van der Waals surface area contributed by atoms with Crippen molar-refractivity contribution in [2.75, 3.05) is 0 Å². The molecule has 0 aliphatic rings. The Balaban J connectivity index is 3.05. The van der Waals surface area contributed by atoms with Gasteiger partial charge in [0.05, 0.1) is 11.8 Å². The Kier molecular flexibility index (Phi) is 1.40. The minimum Gasteiger partial charge on any atom is -0.311 e. The van der Waals surface area contributed by atoms with Gasteiger partial charge in [-0.1, -0.05) is 0 Å². The molecule has 0 radical (unpaired) electrons. The SMILES string of the molecule is Cc1ccnc2c(=O)[nH]cnc12. The number of nitrogens with one attached hydrogen (secondary N) is 1. The minimum absolute atomic E-state index is 0.191. The Morgan fingerprint density at radius 3 is 2.92 bits per heavy atom. The largest absolute Gasteiger partial charge is 0.311 e. The van der Waals surface area contributed by atoms with Crippen molar-refractivity contribution < 1.29 is 0 Å². The molecule has 60 valence electrons. The van der Waals surface area contributed by atoms with Gasteiger partial charge < -0.3 is 4.98 Å². The summed E-state index contributed by atoms with van der Waals surface area (Å²) in [5, 5.41) is 0. The Labute approximate surface area is 68.3 Å². The molecule has 2 aromatic heterocycles. The van der Waals surface area contributed by atoms with E-state index < -0.39 is 0 Å². The second kappa shape index (κ2) is 2.41. The Bertz CT molecular complexity index is 475. The number of aromatic amines is 1. The van der Waals surface area contributed by atoms with Crippen LogP contribution in [-0.4, -0.2) is 15.0 Å². The highest BCUT2D eigenvalue weighted by atomic mass is 16.1. The summed E-state index contributed by atoms with van der Waals surface area (Å²) >= 11 is 0. The maximum Gasteiger partial charge on any atom is 0.277 e. The van der Waals surface area contributed by atoms with Crippen molar-refractivity contribution in [3.63, 3.8) is 0 Å². The molecule has 0 saturated carbocycles. The van der Waals surface area contributed by atoms with E-state index in [4.69, 9.17) is 0 Å². The number of hydrogen-bond acceptors (Lipinski definition) is 3. The zero-order chi connectivity index (χ0) is 8.55.